The van der Waals surface area contributed by atoms with Crippen molar-refractivity contribution < 1.29 is 19.4 Å². The van der Waals surface area contributed by atoms with Crippen molar-refractivity contribution in [2.45, 2.75) is 6.54 Å². The largest absolute Gasteiger partial charge is 0.478 e. The van der Waals surface area contributed by atoms with E-state index in [1.165, 1.54) is 16.7 Å². The molecule has 0 spiro atoms. The Morgan fingerprint density at radius 2 is 2.04 bits per heavy atom. The Morgan fingerprint density at radius 3 is 2.67 bits per heavy atom. The van der Waals surface area contributed by atoms with E-state index in [-0.39, 0.29) is 30.5 Å². The first-order valence-corrected chi connectivity index (χ1v) is 7.94. The minimum absolute atomic E-state index is 0.0518. The number of carboxylic acid groups (broad SMARTS) is 1. The average molecular weight is 371 g/mol. The number of carboxylic acids is 1. The highest BCUT2D eigenvalue weighted by Crippen LogP contribution is 2.23. The molecule has 27 heavy (non-hydrogen) atoms. The van der Waals surface area contributed by atoms with E-state index in [4.69, 9.17) is 14.6 Å². The average Bonchev–Trinajstić information content (AvgIpc) is 2.97. The molecule has 0 amide bonds. The molecule has 0 unspecified atom stereocenters. The molecular formula is C17H17N5O5. The number of hydrogen-bond donors (Lipinski definition) is 2. The Balaban J connectivity index is 1.99. The molecule has 1 aromatic carbocycles. The lowest BCUT2D eigenvalue weighted by Crippen LogP contribution is -2.18. The van der Waals surface area contributed by atoms with Crippen LogP contribution in [0.15, 0.2) is 34.1 Å². The predicted molar refractivity (Wildman–Crippen MR) is 97.2 cm³/mol. The number of benzene rings is 1. The van der Waals surface area contributed by atoms with Crippen molar-refractivity contribution in [3.63, 3.8) is 0 Å². The van der Waals surface area contributed by atoms with Crippen LogP contribution in [0.1, 0.15) is 15.9 Å². The molecule has 0 saturated carbocycles. The summed E-state index contributed by atoms with van der Waals surface area (Å²) in [5.74, 6) is -0.817. The number of H-pyrrole nitrogens is 1. The van der Waals surface area contributed by atoms with Gasteiger partial charge in [0, 0.05) is 7.11 Å². The molecule has 10 heteroatoms. The molecule has 0 aliphatic heterocycles. The van der Waals surface area contributed by atoms with Gasteiger partial charge in [-0.2, -0.15) is 9.97 Å². The maximum absolute atomic E-state index is 12.4. The number of nitrogens with zero attached hydrogens (tertiary/aromatic N) is 4. The van der Waals surface area contributed by atoms with Gasteiger partial charge in [0.1, 0.15) is 12.1 Å². The highest BCUT2D eigenvalue weighted by molar-refractivity contribution is 5.87. The van der Waals surface area contributed by atoms with Gasteiger partial charge in [-0.3, -0.25) is 4.57 Å². The first kappa shape index (κ1) is 18.3. The molecule has 3 aromatic rings. The summed E-state index contributed by atoms with van der Waals surface area (Å²) in [6.07, 6.45) is 0. The molecule has 0 bridgehead atoms. The molecule has 0 aliphatic rings. The summed E-state index contributed by atoms with van der Waals surface area (Å²) in [4.78, 5) is 38.2. The van der Waals surface area contributed by atoms with Gasteiger partial charge in [-0.1, -0.05) is 12.1 Å². The van der Waals surface area contributed by atoms with Gasteiger partial charge in [0.15, 0.2) is 11.5 Å². The summed E-state index contributed by atoms with van der Waals surface area (Å²) >= 11 is 0. The minimum Gasteiger partial charge on any atom is -0.478 e. The second kappa shape index (κ2) is 7.79. The van der Waals surface area contributed by atoms with Gasteiger partial charge in [-0.25, -0.2) is 14.6 Å². The highest BCUT2D eigenvalue weighted by Gasteiger charge is 2.16. The molecule has 0 fully saturated rings. The maximum Gasteiger partial charge on any atom is 0.335 e. The number of aliphatic imine (C=N–C) groups is 1. The lowest BCUT2D eigenvalue weighted by Gasteiger charge is -2.07. The van der Waals surface area contributed by atoms with Crippen molar-refractivity contribution in [2.24, 2.45) is 4.99 Å². The lowest BCUT2D eigenvalue weighted by atomic mass is 10.1. The van der Waals surface area contributed by atoms with Gasteiger partial charge in [0.05, 0.1) is 18.7 Å². The number of nitrogens with one attached hydrogen (secondary N) is 1. The number of imidazole rings is 1. The monoisotopic (exact) mass is 371 g/mol. The first-order chi connectivity index (χ1) is 13.0. The molecule has 2 heterocycles. The van der Waals surface area contributed by atoms with E-state index in [1.807, 2.05) is 0 Å². The quantitative estimate of drug-likeness (QED) is 0.449. The Morgan fingerprint density at radius 1 is 1.30 bits per heavy atom. The lowest BCUT2D eigenvalue weighted by molar-refractivity contribution is 0.0697. The van der Waals surface area contributed by atoms with Gasteiger partial charge >= 0.3 is 17.7 Å². The smallest absolute Gasteiger partial charge is 0.335 e. The summed E-state index contributed by atoms with van der Waals surface area (Å²) in [6, 6.07) is 6.28. The predicted octanol–water partition coefficient (Wildman–Crippen LogP) is 1.22. The van der Waals surface area contributed by atoms with Crippen molar-refractivity contribution in [1.82, 2.24) is 19.5 Å². The number of carbonyl (C=O) groups is 1. The molecule has 140 valence electrons. The van der Waals surface area contributed by atoms with Crippen LogP contribution in [0.4, 0.5) is 5.82 Å². The molecule has 3 rings (SSSR count). The van der Waals surface area contributed by atoms with E-state index in [9.17, 15) is 9.59 Å². The van der Waals surface area contributed by atoms with Crippen molar-refractivity contribution >= 4 is 29.7 Å². The molecule has 10 nitrogen and oxygen atoms in total. The normalized spacial score (nSPS) is 10.9. The molecular weight excluding hydrogens is 354 g/mol. The second-order valence-electron chi connectivity index (χ2n) is 5.55. The molecule has 2 aromatic heterocycles. The van der Waals surface area contributed by atoms with E-state index in [0.29, 0.717) is 17.8 Å². The fraction of sp³-hybridized carbons (Fsp3) is 0.235. The SMILES string of the molecule is C=Nc1nc(OCCOC)nc2c1[nH]c(=O)n2Cc1ccc(C(=O)O)cc1. The number of rotatable bonds is 8. The van der Waals surface area contributed by atoms with Crippen LogP contribution >= 0.6 is 0 Å². The Labute approximate surface area is 153 Å². The zero-order valence-electron chi connectivity index (χ0n) is 14.5. The maximum atomic E-state index is 12.4. The third kappa shape index (κ3) is 3.85. The van der Waals surface area contributed by atoms with E-state index < -0.39 is 11.7 Å². The van der Waals surface area contributed by atoms with Crippen LogP contribution in [-0.4, -0.2) is 57.6 Å². The van der Waals surface area contributed by atoms with Crippen LogP contribution in [0.5, 0.6) is 6.01 Å². The first-order valence-electron chi connectivity index (χ1n) is 7.94. The number of fused-ring (bicyclic) bond motifs is 1. The summed E-state index contributed by atoms with van der Waals surface area (Å²) in [6.45, 7) is 4.24. The molecule has 2 N–H and O–H groups in total. The van der Waals surface area contributed by atoms with Crippen LogP contribution in [0.25, 0.3) is 11.2 Å². The van der Waals surface area contributed by atoms with Crippen LogP contribution in [-0.2, 0) is 11.3 Å². The van der Waals surface area contributed by atoms with Gasteiger partial charge in [-0.05, 0) is 24.4 Å². The molecule has 0 saturated heterocycles. The topological polar surface area (TPSA) is 132 Å². The fourth-order valence-corrected chi connectivity index (χ4v) is 2.47. The molecule has 0 atom stereocenters. The summed E-state index contributed by atoms with van der Waals surface area (Å²) in [7, 11) is 1.55. The van der Waals surface area contributed by atoms with Gasteiger partial charge in [0.25, 0.3) is 0 Å². The van der Waals surface area contributed by atoms with Crippen molar-refractivity contribution in [1.29, 1.82) is 0 Å². The number of aromatic amines is 1. The van der Waals surface area contributed by atoms with Crippen LogP contribution < -0.4 is 10.4 Å². The van der Waals surface area contributed by atoms with Crippen molar-refractivity contribution in [3.05, 3.63) is 45.9 Å². The van der Waals surface area contributed by atoms with E-state index in [0.717, 1.165) is 5.56 Å². The van der Waals surface area contributed by atoms with E-state index in [1.54, 1.807) is 19.2 Å². The zero-order chi connectivity index (χ0) is 19.4. The summed E-state index contributed by atoms with van der Waals surface area (Å²) < 4.78 is 11.7. The van der Waals surface area contributed by atoms with Gasteiger partial charge < -0.3 is 19.6 Å². The van der Waals surface area contributed by atoms with Crippen LogP contribution in [0, 0.1) is 0 Å². The number of aromatic carboxylic acids is 1. The Kier molecular flexibility index (Phi) is 5.27. The molecule has 0 aliphatic carbocycles. The van der Waals surface area contributed by atoms with E-state index >= 15 is 0 Å². The van der Waals surface area contributed by atoms with E-state index in [2.05, 4.69) is 26.7 Å². The minimum atomic E-state index is -1.02. The van der Waals surface area contributed by atoms with Crippen LogP contribution in [0.2, 0.25) is 0 Å². The third-order valence-electron chi connectivity index (χ3n) is 3.79. The second-order valence-corrected chi connectivity index (χ2v) is 5.55. The van der Waals surface area contributed by atoms with Crippen LogP contribution in [0.3, 0.4) is 0 Å². The number of hydrogen-bond acceptors (Lipinski definition) is 7. The Hall–Kier alpha value is -3.53. The zero-order valence-corrected chi connectivity index (χ0v) is 14.5. The number of ether oxygens (including phenoxy) is 2. The van der Waals surface area contributed by atoms with Crippen molar-refractivity contribution in [3.8, 4) is 6.01 Å². The van der Waals surface area contributed by atoms with Gasteiger partial charge in [-0.15, -0.1) is 0 Å². The highest BCUT2D eigenvalue weighted by atomic mass is 16.5. The summed E-state index contributed by atoms with van der Waals surface area (Å²) in [5, 5.41) is 8.98. The summed E-state index contributed by atoms with van der Waals surface area (Å²) in [5.41, 5.74) is 1.15. The number of aromatic nitrogens is 4. The van der Waals surface area contributed by atoms with Gasteiger partial charge in [0.2, 0.25) is 0 Å². The Bertz CT molecular complexity index is 1040. The standard InChI is InChI=1S/C17H17N5O5/c1-18-13-12-14(21-16(20-13)27-8-7-26-2)22(17(25)19-12)9-10-3-5-11(6-4-10)15(23)24/h3-6H,1,7-9H2,2H3,(H,19,25)(H,23,24). The number of methoxy groups -OCH3 is 1. The molecule has 0 radical (unpaired) electrons. The third-order valence-corrected chi connectivity index (χ3v) is 3.79. The fourth-order valence-electron chi connectivity index (χ4n) is 2.47. The van der Waals surface area contributed by atoms with Crippen molar-refractivity contribution in [2.75, 3.05) is 20.3 Å².